The van der Waals surface area contributed by atoms with Gasteiger partial charge in [0, 0.05) is 0 Å². The van der Waals surface area contributed by atoms with Gasteiger partial charge in [0.15, 0.2) is 0 Å². The van der Waals surface area contributed by atoms with Gasteiger partial charge >= 0.3 is 0 Å². The summed E-state index contributed by atoms with van der Waals surface area (Å²) in [6.07, 6.45) is 2.26. The lowest BCUT2D eigenvalue weighted by atomic mass is 9.99. The second-order valence-corrected chi connectivity index (χ2v) is 8.26. The van der Waals surface area contributed by atoms with E-state index in [-0.39, 0.29) is 18.6 Å². The van der Waals surface area contributed by atoms with Gasteiger partial charge in [0.05, 0.1) is 27.2 Å². The molecule has 5 nitrogen and oxygen atoms in total. The Morgan fingerprint density at radius 1 is 1.16 bits per heavy atom. The highest BCUT2D eigenvalue weighted by Gasteiger charge is 2.19. The van der Waals surface area contributed by atoms with Crippen LogP contribution in [0, 0.1) is 5.41 Å². The maximum atomic E-state index is 11.6. The third kappa shape index (κ3) is 11.6. The number of phosphoric ester groups is 1. The van der Waals surface area contributed by atoms with Crippen LogP contribution < -0.4 is 4.89 Å². The van der Waals surface area contributed by atoms with Crippen LogP contribution in [-0.2, 0) is 13.6 Å². The molecule has 1 unspecified atom stereocenters. The summed E-state index contributed by atoms with van der Waals surface area (Å²) in [5.74, 6) is 0. The van der Waals surface area contributed by atoms with E-state index in [2.05, 4.69) is 21.0 Å². The normalized spacial score (nSPS) is 16.4. The number of hydrogen-bond donors (Lipinski definition) is 0. The molecule has 0 fully saturated rings. The molecule has 0 radical (unpaired) electrons. The maximum Gasteiger partial charge on any atom is 0.268 e. The highest BCUT2D eigenvalue weighted by Crippen LogP contribution is 2.39. The predicted molar refractivity (Wildman–Crippen MR) is 75.7 cm³/mol. The monoisotopic (exact) mass is 295 g/mol. The van der Waals surface area contributed by atoms with Crippen LogP contribution in [-0.4, -0.2) is 44.9 Å². The number of unbranched alkanes of at least 4 members (excludes halogenated alkanes) is 1. The first kappa shape index (κ1) is 19.1. The van der Waals surface area contributed by atoms with Gasteiger partial charge in [0.25, 0.3) is 7.82 Å². The third-order valence-corrected chi connectivity index (χ3v) is 3.66. The smallest absolute Gasteiger partial charge is 0.268 e. The Bertz CT molecular complexity index is 300. The number of quaternary nitrogens is 1. The van der Waals surface area contributed by atoms with Crippen molar-refractivity contribution in [2.45, 2.75) is 40.5 Å². The highest BCUT2D eigenvalue weighted by atomic mass is 31.2. The number of rotatable bonds is 9. The van der Waals surface area contributed by atoms with Crippen LogP contribution in [0.4, 0.5) is 0 Å². The molecule has 0 amide bonds. The number of nitrogens with zero attached hydrogens (tertiary/aromatic N) is 1. The van der Waals surface area contributed by atoms with E-state index in [9.17, 15) is 9.46 Å². The van der Waals surface area contributed by atoms with Gasteiger partial charge in [0.1, 0.15) is 13.2 Å². The Morgan fingerprint density at radius 3 is 2.21 bits per heavy atom. The summed E-state index contributed by atoms with van der Waals surface area (Å²) >= 11 is 0. The number of hydrogen-bond acceptors (Lipinski definition) is 4. The van der Waals surface area contributed by atoms with Crippen molar-refractivity contribution in [2.24, 2.45) is 5.41 Å². The lowest BCUT2D eigenvalue weighted by Gasteiger charge is -2.32. The van der Waals surface area contributed by atoms with Crippen molar-refractivity contribution in [2.75, 3.05) is 40.4 Å². The fourth-order valence-electron chi connectivity index (χ4n) is 1.41. The zero-order chi connectivity index (χ0) is 15.2. The highest BCUT2D eigenvalue weighted by molar-refractivity contribution is 7.45. The van der Waals surface area contributed by atoms with Crippen LogP contribution in [0.5, 0.6) is 0 Å². The molecule has 0 aliphatic rings. The van der Waals surface area contributed by atoms with Crippen LogP contribution in [0.1, 0.15) is 40.5 Å². The molecule has 6 heteroatoms. The molecule has 0 aliphatic heterocycles. The topological polar surface area (TPSA) is 58.6 Å². The number of phosphoric acid groups is 1. The molecule has 0 N–H and O–H groups in total. The largest absolute Gasteiger partial charge is 0.756 e. The zero-order valence-corrected chi connectivity index (χ0v) is 14.2. The summed E-state index contributed by atoms with van der Waals surface area (Å²) in [6, 6.07) is 0. The molecule has 0 aromatic rings. The van der Waals surface area contributed by atoms with Crippen molar-refractivity contribution in [1.82, 2.24) is 0 Å². The first-order chi connectivity index (χ1) is 8.47. The van der Waals surface area contributed by atoms with Gasteiger partial charge in [-0.3, -0.25) is 4.57 Å². The summed E-state index contributed by atoms with van der Waals surface area (Å²) in [5.41, 5.74) is -0.195. The van der Waals surface area contributed by atoms with Crippen LogP contribution >= 0.6 is 7.82 Å². The Balaban J connectivity index is 4.01. The molecule has 0 heterocycles. The lowest BCUT2D eigenvalue weighted by Crippen LogP contribution is -2.43. The van der Waals surface area contributed by atoms with Gasteiger partial charge in [-0.2, -0.15) is 0 Å². The van der Waals surface area contributed by atoms with Crippen molar-refractivity contribution in [3.8, 4) is 0 Å². The van der Waals surface area contributed by atoms with E-state index < -0.39 is 7.82 Å². The maximum absolute atomic E-state index is 11.6. The average molecular weight is 295 g/mol. The summed E-state index contributed by atoms with van der Waals surface area (Å²) in [7, 11) is -0.0126. The molecule has 0 saturated heterocycles. The Labute approximate surface area is 118 Å². The van der Waals surface area contributed by atoms with E-state index in [0.29, 0.717) is 6.54 Å². The standard InChI is InChI=1S/C13H30NO4P/c1-7-8-9-14(5,6)10-11-17-19(15,16)18-12-13(2,3)4/h7-12H2,1-6H3. The second-order valence-electron chi connectivity index (χ2n) is 6.85. The summed E-state index contributed by atoms with van der Waals surface area (Å²) in [6.45, 7) is 9.87. The van der Waals surface area contributed by atoms with Crippen molar-refractivity contribution in [3.63, 3.8) is 0 Å². The predicted octanol–water partition coefficient (Wildman–Crippen LogP) is 2.41. The van der Waals surface area contributed by atoms with Crippen molar-refractivity contribution in [3.05, 3.63) is 0 Å². The molecule has 0 spiro atoms. The molecule has 0 aromatic carbocycles. The SMILES string of the molecule is CCCC[N+](C)(C)CCOP(=O)([O-])OCC(C)(C)C. The second kappa shape index (κ2) is 7.75. The van der Waals surface area contributed by atoms with Gasteiger partial charge in [-0.05, 0) is 11.8 Å². The van der Waals surface area contributed by atoms with Gasteiger partial charge in [-0.1, -0.05) is 34.1 Å². The fraction of sp³-hybridized carbons (Fsp3) is 1.00. The van der Waals surface area contributed by atoms with E-state index in [1.165, 1.54) is 0 Å². The van der Waals surface area contributed by atoms with Crippen LogP contribution in [0.3, 0.4) is 0 Å². The van der Waals surface area contributed by atoms with Crippen LogP contribution in [0.25, 0.3) is 0 Å². The molecule has 1 atom stereocenters. The van der Waals surface area contributed by atoms with E-state index in [1.807, 2.05) is 20.8 Å². The average Bonchev–Trinajstić information content (AvgIpc) is 2.22. The first-order valence-corrected chi connectivity index (χ1v) is 8.36. The minimum absolute atomic E-state index is 0.141. The fourth-order valence-corrected chi connectivity index (χ4v) is 2.33. The van der Waals surface area contributed by atoms with Crippen molar-refractivity contribution < 1.29 is 23.0 Å². The molecule has 0 saturated carbocycles. The van der Waals surface area contributed by atoms with Crippen molar-refractivity contribution in [1.29, 1.82) is 0 Å². The first-order valence-electron chi connectivity index (χ1n) is 6.90. The third-order valence-electron chi connectivity index (χ3n) is 2.72. The molecule has 0 aliphatic carbocycles. The molecule has 19 heavy (non-hydrogen) atoms. The molecule has 0 rings (SSSR count). The minimum atomic E-state index is -4.16. The minimum Gasteiger partial charge on any atom is -0.756 e. The molecule has 0 bridgehead atoms. The quantitative estimate of drug-likeness (QED) is 0.484. The zero-order valence-electron chi connectivity index (χ0n) is 13.3. The van der Waals surface area contributed by atoms with Crippen molar-refractivity contribution >= 4 is 7.82 Å². The Morgan fingerprint density at radius 2 is 1.74 bits per heavy atom. The summed E-state index contributed by atoms with van der Waals surface area (Å²) < 4.78 is 22.1. The van der Waals surface area contributed by atoms with E-state index in [1.54, 1.807) is 0 Å². The Hall–Kier alpha value is 0.0700. The van der Waals surface area contributed by atoms with Gasteiger partial charge in [-0.15, -0.1) is 0 Å². The van der Waals surface area contributed by atoms with E-state index in [4.69, 9.17) is 9.05 Å². The Kier molecular flexibility index (Phi) is 7.78. The summed E-state index contributed by atoms with van der Waals surface area (Å²) in [5, 5.41) is 0. The van der Waals surface area contributed by atoms with Crippen LogP contribution in [0.15, 0.2) is 0 Å². The van der Waals surface area contributed by atoms with Crippen LogP contribution in [0.2, 0.25) is 0 Å². The molecule has 0 aromatic heterocycles. The summed E-state index contributed by atoms with van der Waals surface area (Å²) in [4.78, 5) is 11.6. The van der Waals surface area contributed by atoms with E-state index in [0.717, 1.165) is 23.9 Å². The number of likely N-dealkylation sites (N-methyl/N-ethyl adjacent to an activating group) is 1. The molecular weight excluding hydrogens is 265 g/mol. The molecular formula is C13H30NO4P. The van der Waals surface area contributed by atoms with Gasteiger partial charge < -0.3 is 18.4 Å². The molecule has 116 valence electrons. The van der Waals surface area contributed by atoms with Gasteiger partial charge in [0.2, 0.25) is 0 Å². The lowest BCUT2D eigenvalue weighted by molar-refractivity contribution is -0.890. The van der Waals surface area contributed by atoms with Gasteiger partial charge in [-0.25, -0.2) is 0 Å². The van der Waals surface area contributed by atoms with E-state index >= 15 is 0 Å².